The first kappa shape index (κ1) is 15.7. The number of ether oxygens (including phenoxy) is 2. The van der Waals surface area contributed by atoms with E-state index in [0.717, 1.165) is 11.5 Å². The van der Waals surface area contributed by atoms with E-state index in [2.05, 4.69) is 4.37 Å². The third kappa shape index (κ3) is 4.07. The molecule has 6 nitrogen and oxygen atoms in total. The smallest absolute Gasteiger partial charge is 0.345 e. The van der Waals surface area contributed by atoms with Gasteiger partial charge in [-0.3, -0.25) is 0 Å². The summed E-state index contributed by atoms with van der Waals surface area (Å²) in [5.41, 5.74) is 6.13. The Balaban J connectivity index is 2.88. The molecule has 0 saturated heterocycles. The Morgan fingerprint density at radius 3 is 2.68 bits per heavy atom. The van der Waals surface area contributed by atoms with Gasteiger partial charge in [0.25, 0.3) is 0 Å². The molecule has 0 radical (unpaired) electrons. The van der Waals surface area contributed by atoms with Gasteiger partial charge in [0.1, 0.15) is 10.6 Å². The summed E-state index contributed by atoms with van der Waals surface area (Å²) in [6, 6.07) is 0. The predicted molar refractivity (Wildman–Crippen MR) is 76.9 cm³/mol. The van der Waals surface area contributed by atoms with Crippen LogP contribution in [0.5, 0.6) is 0 Å². The van der Waals surface area contributed by atoms with E-state index in [1.54, 1.807) is 6.92 Å². The van der Waals surface area contributed by atoms with Crippen LogP contribution in [0.3, 0.4) is 0 Å². The molecule has 0 saturated carbocycles. The van der Waals surface area contributed by atoms with Crippen LogP contribution in [0.25, 0.3) is 0 Å². The summed E-state index contributed by atoms with van der Waals surface area (Å²) in [6.07, 6.45) is 0. The third-order valence-corrected chi connectivity index (χ3v) is 3.48. The number of anilines is 2. The highest BCUT2D eigenvalue weighted by molar-refractivity contribution is 7.11. The highest BCUT2D eigenvalue weighted by atomic mass is 32.1. The van der Waals surface area contributed by atoms with Crippen molar-refractivity contribution < 1.29 is 14.3 Å². The van der Waals surface area contributed by atoms with Gasteiger partial charge in [0.15, 0.2) is 5.82 Å². The number of nitrogens with zero attached hydrogens (tertiary/aromatic N) is 2. The van der Waals surface area contributed by atoms with E-state index >= 15 is 0 Å². The lowest BCUT2D eigenvalue weighted by molar-refractivity contribution is 0.0528. The second-order valence-corrected chi connectivity index (χ2v) is 4.50. The van der Waals surface area contributed by atoms with Gasteiger partial charge in [0, 0.05) is 19.7 Å². The molecule has 108 valence electrons. The van der Waals surface area contributed by atoms with Crippen molar-refractivity contribution in [1.82, 2.24) is 4.37 Å². The van der Waals surface area contributed by atoms with Crippen molar-refractivity contribution >= 4 is 28.3 Å². The van der Waals surface area contributed by atoms with Gasteiger partial charge in [-0.1, -0.05) is 0 Å². The van der Waals surface area contributed by atoms with Crippen LogP contribution in [0.15, 0.2) is 0 Å². The maximum Gasteiger partial charge on any atom is 0.345 e. The zero-order chi connectivity index (χ0) is 14.3. The second kappa shape index (κ2) is 7.96. The van der Waals surface area contributed by atoms with E-state index in [1.807, 2.05) is 18.7 Å². The van der Waals surface area contributed by atoms with Crippen molar-refractivity contribution in [3.63, 3.8) is 0 Å². The molecule has 1 aromatic rings. The van der Waals surface area contributed by atoms with Crippen LogP contribution in [0.2, 0.25) is 0 Å². The standard InChI is InChI=1S/C12H21N3O3S/c1-4-15(7-8-17-5-2)11-9(10(13)14-19-11)12(16)18-6-3/h4-8H2,1-3H3,(H2,13,14). The Morgan fingerprint density at radius 2 is 2.11 bits per heavy atom. The Bertz CT molecular complexity index is 409. The minimum Gasteiger partial charge on any atom is -0.462 e. The van der Waals surface area contributed by atoms with Crippen LogP contribution in [-0.2, 0) is 9.47 Å². The molecule has 1 rings (SSSR count). The van der Waals surface area contributed by atoms with E-state index in [4.69, 9.17) is 15.2 Å². The molecular weight excluding hydrogens is 266 g/mol. The molecule has 1 heterocycles. The molecule has 0 fully saturated rings. The zero-order valence-electron chi connectivity index (χ0n) is 11.6. The topological polar surface area (TPSA) is 77.7 Å². The first-order valence-corrected chi connectivity index (χ1v) is 7.17. The monoisotopic (exact) mass is 287 g/mol. The van der Waals surface area contributed by atoms with Gasteiger partial charge in [0.2, 0.25) is 0 Å². The summed E-state index contributed by atoms with van der Waals surface area (Å²) in [4.78, 5) is 13.9. The van der Waals surface area contributed by atoms with E-state index in [0.29, 0.717) is 31.9 Å². The number of nitrogen functional groups attached to an aromatic ring is 1. The highest BCUT2D eigenvalue weighted by Crippen LogP contribution is 2.31. The number of rotatable bonds is 8. The van der Waals surface area contributed by atoms with Gasteiger partial charge >= 0.3 is 5.97 Å². The molecule has 0 amide bonds. The molecule has 1 aromatic heterocycles. The molecule has 0 unspecified atom stereocenters. The number of hydrogen-bond acceptors (Lipinski definition) is 7. The summed E-state index contributed by atoms with van der Waals surface area (Å²) >= 11 is 1.22. The highest BCUT2D eigenvalue weighted by Gasteiger charge is 2.23. The number of carbonyl (C=O) groups excluding carboxylic acids is 1. The molecule has 0 spiro atoms. The largest absolute Gasteiger partial charge is 0.462 e. The van der Waals surface area contributed by atoms with Crippen LogP contribution in [0.1, 0.15) is 31.1 Å². The number of nitrogens with two attached hydrogens (primary N) is 1. The predicted octanol–water partition coefficient (Wildman–Crippen LogP) is 1.76. The van der Waals surface area contributed by atoms with E-state index < -0.39 is 5.97 Å². The van der Waals surface area contributed by atoms with Gasteiger partial charge in [-0.15, -0.1) is 0 Å². The zero-order valence-corrected chi connectivity index (χ0v) is 12.5. The molecule has 0 bridgehead atoms. The Hall–Kier alpha value is -1.34. The van der Waals surface area contributed by atoms with Crippen LogP contribution < -0.4 is 10.6 Å². The summed E-state index contributed by atoms with van der Waals surface area (Å²) in [6.45, 7) is 8.76. The first-order valence-electron chi connectivity index (χ1n) is 6.40. The van der Waals surface area contributed by atoms with Gasteiger partial charge in [-0.2, -0.15) is 4.37 Å². The first-order chi connectivity index (χ1) is 9.15. The number of likely N-dealkylation sites (N-methyl/N-ethyl adjacent to an activating group) is 1. The van der Waals surface area contributed by atoms with Gasteiger partial charge in [-0.05, 0) is 32.3 Å². The van der Waals surface area contributed by atoms with Crippen LogP contribution >= 0.6 is 11.5 Å². The number of esters is 1. The average Bonchev–Trinajstić information content (AvgIpc) is 2.77. The fraction of sp³-hybridized carbons (Fsp3) is 0.667. The maximum absolute atomic E-state index is 11.9. The molecule has 19 heavy (non-hydrogen) atoms. The Morgan fingerprint density at radius 1 is 1.37 bits per heavy atom. The van der Waals surface area contributed by atoms with Crippen LogP contribution in [-0.4, -0.2) is 43.3 Å². The summed E-state index contributed by atoms with van der Waals surface area (Å²) in [7, 11) is 0. The number of aromatic nitrogens is 1. The minimum atomic E-state index is -0.418. The van der Waals surface area contributed by atoms with E-state index in [1.165, 1.54) is 11.5 Å². The SMILES string of the molecule is CCOCCN(CC)c1snc(N)c1C(=O)OCC. The maximum atomic E-state index is 11.9. The lowest BCUT2D eigenvalue weighted by Crippen LogP contribution is -2.28. The lowest BCUT2D eigenvalue weighted by atomic mass is 10.3. The van der Waals surface area contributed by atoms with Crippen molar-refractivity contribution in [1.29, 1.82) is 0 Å². The molecule has 0 atom stereocenters. The van der Waals surface area contributed by atoms with Crippen molar-refractivity contribution in [2.24, 2.45) is 0 Å². The number of carbonyl (C=O) groups is 1. The fourth-order valence-electron chi connectivity index (χ4n) is 1.63. The van der Waals surface area contributed by atoms with E-state index in [-0.39, 0.29) is 5.82 Å². The van der Waals surface area contributed by atoms with Gasteiger partial charge in [0.05, 0.1) is 13.2 Å². The molecule has 0 aliphatic heterocycles. The fourth-order valence-corrected chi connectivity index (χ4v) is 2.52. The second-order valence-electron chi connectivity index (χ2n) is 3.75. The van der Waals surface area contributed by atoms with Crippen LogP contribution in [0.4, 0.5) is 10.8 Å². The summed E-state index contributed by atoms with van der Waals surface area (Å²) in [5, 5.41) is 0.748. The molecule has 0 aromatic carbocycles. The quantitative estimate of drug-likeness (QED) is 0.580. The minimum absolute atomic E-state index is 0.230. The van der Waals surface area contributed by atoms with Gasteiger partial charge in [-0.25, -0.2) is 4.79 Å². The molecular formula is C12H21N3O3S. The van der Waals surface area contributed by atoms with Gasteiger partial charge < -0.3 is 20.1 Å². The summed E-state index contributed by atoms with van der Waals surface area (Å²) < 4.78 is 14.4. The van der Waals surface area contributed by atoms with Crippen molar-refractivity contribution in [3.8, 4) is 0 Å². The molecule has 7 heteroatoms. The summed E-state index contributed by atoms with van der Waals surface area (Å²) in [5.74, 6) is -0.188. The average molecular weight is 287 g/mol. The molecule has 2 N–H and O–H groups in total. The van der Waals surface area contributed by atoms with Crippen molar-refractivity contribution in [2.75, 3.05) is 43.5 Å². The Kier molecular flexibility index (Phi) is 6.58. The molecule has 0 aliphatic rings. The van der Waals surface area contributed by atoms with E-state index in [9.17, 15) is 4.79 Å². The lowest BCUT2D eigenvalue weighted by Gasteiger charge is -2.21. The van der Waals surface area contributed by atoms with Crippen molar-refractivity contribution in [3.05, 3.63) is 5.56 Å². The van der Waals surface area contributed by atoms with Crippen molar-refractivity contribution in [2.45, 2.75) is 20.8 Å². The molecule has 0 aliphatic carbocycles. The third-order valence-electron chi connectivity index (χ3n) is 2.56. The normalized spacial score (nSPS) is 10.5. The number of hydrogen-bond donors (Lipinski definition) is 1. The van der Waals surface area contributed by atoms with Crippen LogP contribution in [0, 0.1) is 0 Å². The Labute approximate surface area is 117 Å².